The average molecular weight is 506 g/mol. The van der Waals surface area contributed by atoms with Crippen molar-refractivity contribution in [1.29, 1.82) is 0 Å². The molecule has 0 N–H and O–H groups in total. The zero-order valence-corrected chi connectivity index (χ0v) is 23.3. The highest BCUT2D eigenvalue weighted by atomic mass is 16.6. The van der Waals surface area contributed by atoms with Crippen LogP contribution >= 0.6 is 0 Å². The molecule has 0 radical (unpaired) electrons. The minimum Gasteiger partial charge on any atom is -0.487 e. The second-order valence-electron chi connectivity index (χ2n) is 10.3. The largest absolute Gasteiger partial charge is 0.487 e. The molecule has 1 heterocycles. The van der Waals surface area contributed by atoms with Gasteiger partial charge >= 0.3 is 0 Å². The molecule has 0 bridgehead atoms. The smallest absolute Gasteiger partial charge is 0.163 e. The number of hydrogen-bond donors (Lipinski definition) is 0. The van der Waals surface area contributed by atoms with Crippen molar-refractivity contribution in [1.82, 2.24) is 9.97 Å². The van der Waals surface area contributed by atoms with Crippen LogP contribution in [0.1, 0.15) is 52.7 Å². The highest BCUT2D eigenvalue weighted by Gasteiger charge is 2.19. The Labute approximate surface area is 221 Å². The first-order chi connectivity index (χ1) is 17.5. The van der Waals surface area contributed by atoms with Crippen molar-refractivity contribution in [3.8, 4) is 23.8 Å². The average Bonchev–Trinajstić information content (AvgIpc) is 2.84. The fourth-order valence-electron chi connectivity index (χ4n) is 3.78. The molecular formula is C30H39N3O4. The van der Waals surface area contributed by atoms with Gasteiger partial charge in [0, 0.05) is 29.8 Å². The summed E-state index contributed by atoms with van der Waals surface area (Å²) in [5, 5.41) is 0.834. The van der Waals surface area contributed by atoms with Crippen LogP contribution in [-0.4, -0.2) is 54.6 Å². The van der Waals surface area contributed by atoms with Crippen molar-refractivity contribution < 1.29 is 18.9 Å². The zero-order chi connectivity index (χ0) is 27.2. The van der Waals surface area contributed by atoms with Crippen molar-refractivity contribution >= 4 is 22.4 Å². The fraction of sp³-hybridized carbons (Fsp3) is 0.467. The van der Waals surface area contributed by atoms with E-state index in [1.807, 2.05) is 90.7 Å². The molecule has 3 rings (SSSR count). The molecule has 198 valence electrons. The third-order valence-corrected chi connectivity index (χ3v) is 5.60. The number of nitrogens with zero attached hydrogens (tertiary/aromatic N) is 3. The Balaban J connectivity index is 2.00. The van der Waals surface area contributed by atoms with E-state index < -0.39 is 0 Å². The van der Waals surface area contributed by atoms with Crippen molar-refractivity contribution in [3.05, 3.63) is 47.8 Å². The maximum Gasteiger partial charge on any atom is 0.163 e. The van der Waals surface area contributed by atoms with Crippen LogP contribution in [-0.2, 0) is 9.47 Å². The third-order valence-electron chi connectivity index (χ3n) is 5.60. The van der Waals surface area contributed by atoms with Crippen molar-refractivity contribution in [2.75, 3.05) is 31.8 Å². The topological polar surface area (TPSA) is 65.9 Å². The van der Waals surface area contributed by atoms with Crippen molar-refractivity contribution in [2.24, 2.45) is 0 Å². The minimum absolute atomic E-state index is 0.121. The molecule has 37 heavy (non-hydrogen) atoms. The Morgan fingerprint density at radius 3 is 2.46 bits per heavy atom. The number of benzene rings is 2. The quantitative estimate of drug-likeness (QED) is 0.231. The number of ether oxygens (including phenoxy) is 4. The summed E-state index contributed by atoms with van der Waals surface area (Å²) < 4.78 is 24.0. The first-order valence-corrected chi connectivity index (χ1v) is 12.6. The second-order valence-corrected chi connectivity index (χ2v) is 10.3. The van der Waals surface area contributed by atoms with E-state index in [2.05, 4.69) is 15.9 Å². The lowest BCUT2D eigenvalue weighted by Gasteiger charge is -2.24. The molecule has 1 aromatic heterocycles. The molecule has 0 aliphatic heterocycles. The number of terminal acetylenes is 1. The molecule has 0 fully saturated rings. The van der Waals surface area contributed by atoms with Crippen LogP contribution in [0.5, 0.6) is 11.5 Å². The number of aryl methyl sites for hydroxylation is 1. The van der Waals surface area contributed by atoms with Gasteiger partial charge in [0.15, 0.2) is 11.5 Å². The number of anilines is 2. The van der Waals surface area contributed by atoms with E-state index >= 15 is 0 Å². The van der Waals surface area contributed by atoms with Gasteiger partial charge in [0.05, 0.1) is 30.4 Å². The van der Waals surface area contributed by atoms with E-state index in [4.69, 9.17) is 25.4 Å². The number of rotatable bonds is 11. The van der Waals surface area contributed by atoms with Gasteiger partial charge < -0.3 is 23.8 Å². The summed E-state index contributed by atoms with van der Waals surface area (Å²) in [5.74, 6) is 4.64. The van der Waals surface area contributed by atoms with Gasteiger partial charge in [-0.25, -0.2) is 9.97 Å². The van der Waals surface area contributed by atoms with Gasteiger partial charge in [-0.2, -0.15) is 0 Å². The lowest BCUT2D eigenvalue weighted by atomic mass is 10.1. The molecule has 0 saturated heterocycles. The molecule has 3 aromatic rings. The van der Waals surface area contributed by atoms with Gasteiger partial charge in [-0.3, -0.25) is 0 Å². The van der Waals surface area contributed by atoms with Crippen LogP contribution in [0, 0.1) is 19.3 Å². The van der Waals surface area contributed by atoms with Crippen molar-refractivity contribution in [2.45, 2.75) is 66.3 Å². The van der Waals surface area contributed by atoms with Gasteiger partial charge in [0.1, 0.15) is 24.9 Å². The first-order valence-electron chi connectivity index (χ1n) is 12.6. The van der Waals surface area contributed by atoms with Gasteiger partial charge in [-0.1, -0.05) is 12.0 Å². The van der Waals surface area contributed by atoms with Crippen LogP contribution < -0.4 is 14.4 Å². The normalized spacial score (nSPS) is 12.4. The third kappa shape index (κ3) is 7.82. The Kier molecular flexibility index (Phi) is 9.36. The first kappa shape index (κ1) is 28.2. The predicted octanol–water partition coefficient (Wildman–Crippen LogP) is 6.07. The van der Waals surface area contributed by atoms with Gasteiger partial charge in [0.2, 0.25) is 0 Å². The Hall–Kier alpha value is -3.34. The van der Waals surface area contributed by atoms with E-state index in [1.165, 1.54) is 0 Å². The number of hydrogen-bond acceptors (Lipinski definition) is 7. The Morgan fingerprint density at radius 2 is 1.78 bits per heavy atom. The lowest BCUT2D eigenvalue weighted by Crippen LogP contribution is -2.23. The van der Waals surface area contributed by atoms with E-state index in [0.29, 0.717) is 31.3 Å². The van der Waals surface area contributed by atoms with Crippen LogP contribution in [0.4, 0.5) is 11.5 Å². The summed E-state index contributed by atoms with van der Waals surface area (Å²) in [6.45, 7) is 15.4. The number of fused-ring (bicyclic) bond motifs is 1. The van der Waals surface area contributed by atoms with E-state index in [1.54, 1.807) is 6.33 Å². The number of aromatic nitrogens is 2. The standard InChI is InChI=1S/C30H39N3O4/c1-10-23-12-11-21(4)26(15-23)33(9)29-24-16-27(34-13-14-36-30(6,7)8)28(17-25(24)31-19-32-29)37-22(5)18-35-20(2)3/h1,11-12,15-17,19-20,22H,13-14,18H2,2-9H3. The SMILES string of the molecule is C#Cc1ccc(C)c(N(C)c2ncnc3cc(OC(C)COC(C)C)c(OCCOC(C)(C)C)cc23)c1. The monoisotopic (exact) mass is 505 g/mol. The Morgan fingerprint density at radius 1 is 1.03 bits per heavy atom. The molecule has 0 saturated carbocycles. The highest BCUT2D eigenvalue weighted by molar-refractivity contribution is 5.94. The molecule has 0 aliphatic rings. The second kappa shape index (κ2) is 12.3. The lowest BCUT2D eigenvalue weighted by molar-refractivity contribution is -0.0170. The molecule has 0 amide bonds. The van der Waals surface area contributed by atoms with E-state index in [9.17, 15) is 0 Å². The summed E-state index contributed by atoms with van der Waals surface area (Å²) in [6, 6.07) is 9.76. The van der Waals surface area contributed by atoms with Gasteiger partial charge in [-0.15, -0.1) is 6.42 Å². The zero-order valence-electron chi connectivity index (χ0n) is 23.3. The Bertz CT molecular complexity index is 1240. The van der Waals surface area contributed by atoms with Crippen molar-refractivity contribution in [3.63, 3.8) is 0 Å². The summed E-state index contributed by atoms with van der Waals surface area (Å²) >= 11 is 0. The maximum atomic E-state index is 6.25. The van der Waals surface area contributed by atoms with Gasteiger partial charge in [0.25, 0.3) is 0 Å². The molecule has 7 heteroatoms. The van der Waals surface area contributed by atoms with E-state index in [0.717, 1.165) is 33.5 Å². The summed E-state index contributed by atoms with van der Waals surface area (Å²) in [4.78, 5) is 11.2. The molecule has 0 spiro atoms. The molecule has 7 nitrogen and oxygen atoms in total. The fourth-order valence-corrected chi connectivity index (χ4v) is 3.78. The predicted molar refractivity (Wildman–Crippen MR) is 149 cm³/mol. The van der Waals surface area contributed by atoms with Crippen LogP contribution in [0.25, 0.3) is 10.9 Å². The van der Waals surface area contributed by atoms with Crippen LogP contribution in [0.2, 0.25) is 0 Å². The highest BCUT2D eigenvalue weighted by Crippen LogP contribution is 2.38. The molecule has 2 aromatic carbocycles. The van der Waals surface area contributed by atoms with Gasteiger partial charge in [-0.05, 0) is 72.2 Å². The molecule has 1 unspecified atom stereocenters. The summed E-state index contributed by atoms with van der Waals surface area (Å²) in [7, 11) is 1.97. The van der Waals surface area contributed by atoms with Crippen LogP contribution in [0.15, 0.2) is 36.7 Å². The summed E-state index contributed by atoms with van der Waals surface area (Å²) in [5.41, 5.74) is 3.36. The van der Waals surface area contributed by atoms with Crippen LogP contribution in [0.3, 0.4) is 0 Å². The van der Waals surface area contributed by atoms with E-state index in [-0.39, 0.29) is 17.8 Å². The minimum atomic E-state index is -0.247. The molecular weight excluding hydrogens is 466 g/mol. The maximum absolute atomic E-state index is 6.25. The summed E-state index contributed by atoms with van der Waals surface area (Å²) in [6.07, 6.45) is 7.16. The molecule has 0 aliphatic carbocycles. The molecule has 1 atom stereocenters.